The number of anilines is 1. The van der Waals surface area contributed by atoms with Crippen molar-refractivity contribution in [1.29, 1.82) is 0 Å². The minimum absolute atomic E-state index is 0.642. The Labute approximate surface area is 126 Å². The number of aromatic nitrogens is 2. The number of hydrogen-bond donors (Lipinski definition) is 1. The fourth-order valence-electron chi connectivity index (χ4n) is 3.40. The van der Waals surface area contributed by atoms with Gasteiger partial charge in [-0.2, -0.15) is 11.8 Å². The number of nitrogens with zero attached hydrogens (tertiary/aromatic N) is 2. The zero-order chi connectivity index (χ0) is 13.8. The van der Waals surface area contributed by atoms with E-state index in [-0.39, 0.29) is 0 Å². The van der Waals surface area contributed by atoms with Gasteiger partial charge in [-0.05, 0) is 38.4 Å². The smallest absolute Gasteiger partial charge is 0.203 e. The molecular formula is C16H27N3S. The molecule has 0 spiro atoms. The van der Waals surface area contributed by atoms with Crippen molar-refractivity contribution in [3.05, 3.63) is 11.9 Å². The van der Waals surface area contributed by atoms with Gasteiger partial charge in [-0.3, -0.25) is 0 Å². The molecule has 1 unspecified atom stereocenters. The fourth-order valence-corrected chi connectivity index (χ4v) is 4.70. The van der Waals surface area contributed by atoms with E-state index in [9.17, 15) is 0 Å². The lowest BCUT2D eigenvalue weighted by atomic mass is 9.96. The normalized spacial score (nSPS) is 24.8. The second-order valence-corrected chi connectivity index (χ2v) is 7.73. The lowest BCUT2D eigenvalue weighted by Crippen LogP contribution is -2.25. The molecule has 0 radical (unpaired) electrons. The predicted molar refractivity (Wildman–Crippen MR) is 87.6 cm³/mol. The average Bonchev–Trinajstić information content (AvgIpc) is 2.81. The number of thioether (sulfide) groups is 1. The summed E-state index contributed by atoms with van der Waals surface area (Å²) in [4.78, 5) is 4.71. The van der Waals surface area contributed by atoms with Gasteiger partial charge in [0.15, 0.2) is 0 Å². The maximum absolute atomic E-state index is 4.71. The molecule has 0 bridgehead atoms. The van der Waals surface area contributed by atoms with Gasteiger partial charge in [0.2, 0.25) is 5.95 Å². The number of nitrogens with one attached hydrogen (secondary N) is 1. The quantitative estimate of drug-likeness (QED) is 0.901. The van der Waals surface area contributed by atoms with Crippen molar-refractivity contribution in [2.75, 3.05) is 11.1 Å². The van der Waals surface area contributed by atoms with Crippen LogP contribution >= 0.6 is 11.8 Å². The average molecular weight is 293 g/mol. The molecule has 0 aromatic carbocycles. The summed E-state index contributed by atoms with van der Waals surface area (Å²) in [5.41, 5.74) is 1.14. The highest BCUT2D eigenvalue weighted by molar-refractivity contribution is 7.99. The largest absolute Gasteiger partial charge is 0.353 e. The summed E-state index contributed by atoms with van der Waals surface area (Å²) in [6, 6.07) is 0.642. The number of hydrogen-bond acceptors (Lipinski definition) is 3. The molecule has 3 nitrogen and oxygen atoms in total. The molecule has 2 heterocycles. The van der Waals surface area contributed by atoms with Gasteiger partial charge in [-0.25, -0.2) is 4.98 Å². The third kappa shape index (κ3) is 3.72. The Balaban J connectivity index is 1.63. The topological polar surface area (TPSA) is 29.9 Å². The Morgan fingerprint density at radius 1 is 1.20 bits per heavy atom. The van der Waals surface area contributed by atoms with Gasteiger partial charge < -0.3 is 9.88 Å². The zero-order valence-electron chi connectivity index (χ0n) is 12.6. The summed E-state index contributed by atoms with van der Waals surface area (Å²) in [6.45, 7) is 3.23. The molecular weight excluding hydrogens is 266 g/mol. The molecule has 1 aromatic heterocycles. The van der Waals surface area contributed by atoms with Gasteiger partial charge in [0.1, 0.15) is 0 Å². The highest BCUT2D eigenvalue weighted by Crippen LogP contribution is 2.28. The van der Waals surface area contributed by atoms with Gasteiger partial charge in [0.25, 0.3) is 0 Å². The van der Waals surface area contributed by atoms with Crippen LogP contribution in [0, 0.1) is 6.92 Å². The van der Waals surface area contributed by atoms with Crippen molar-refractivity contribution in [3.8, 4) is 0 Å². The second kappa shape index (κ2) is 6.88. The third-order valence-electron chi connectivity index (χ3n) is 4.51. The zero-order valence-corrected chi connectivity index (χ0v) is 13.4. The molecule has 1 aliphatic carbocycles. The van der Waals surface area contributed by atoms with Crippen LogP contribution in [0.25, 0.3) is 0 Å². The van der Waals surface area contributed by atoms with Crippen LogP contribution in [0.15, 0.2) is 6.20 Å². The maximum Gasteiger partial charge on any atom is 0.203 e. The van der Waals surface area contributed by atoms with Crippen LogP contribution in [-0.2, 0) is 6.54 Å². The van der Waals surface area contributed by atoms with E-state index in [1.165, 1.54) is 57.1 Å². The molecule has 2 fully saturated rings. The van der Waals surface area contributed by atoms with Crippen LogP contribution in [-0.4, -0.2) is 26.6 Å². The highest BCUT2D eigenvalue weighted by atomic mass is 32.2. The second-order valence-electron chi connectivity index (χ2n) is 6.33. The van der Waals surface area contributed by atoms with Gasteiger partial charge in [-0.15, -0.1) is 0 Å². The summed E-state index contributed by atoms with van der Waals surface area (Å²) in [5.74, 6) is 2.45. The van der Waals surface area contributed by atoms with E-state index in [0.717, 1.165) is 23.4 Å². The number of rotatable bonds is 4. The van der Waals surface area contributed by atoms with Crippen molar-refractivity contribution in [3.63, 3.8) is 0 Å². The molecule has 0 amide bonds. The summed E-state index contributed by atoms with van der Waals surface area (Å²) in [6.07, 6.45) is 13.2. The number of aryl methyl sites for hydroxylation is 1. The van der Waals surface area contributed by atoms with Crippen molar-refractivity contribution in [2.45, 2.75) is 76.1 Å². The van der Waals surface area contributed by atoms with Crippen molar-refractivity contribution < 1.29 is 0 Å². The van der Waals surface area contributed by atoms with E-state index in [1.807, 2.05) is 0 Å². The molecule has 3 rings (SSSR count). The highest BCUT2D eigenvalue weighted by Gasteiger charge is 2.19. The summed E-state index contributed by atoms with van der Waals surface area (Å²) in [7, 11) is 0. The Hall–Kier alpha value is -0.640. The molecule has 112 valence electrons. The summed E-state index contributed by atoms with van der Waals surface area (Å²) in [5, 5.41) is 4.48. The minimum Gasteiger partial charge on any atom is -0.353 e. The molecule has 1 saturated carbocycles. The third-order valence-corrected chi connectivity index (χ3v) is 5.89. The van der Waals surface area contributed by atoms with Crippen LogP contribution in [0.5, 0.6) is 0 Å². The van der Waals surface area contributed by atoms with E-state index < -0.39 is 0 Å². The first-order valence-electron chi connectivity index (χ1n) is 8.23. The number of imidazole rings is 1. The van der Waals surface area contributed by atoms with Crippen LogP contribution in [0.1, 0.15) is 57.1 Å². The van der Waals surface area contributed by atoms with Gasteiger partial charge in [0, 0.05) is 24.0 Å². The van der Waals surface area contributed by atoms with Crippen LogP contribution in [0.3, 0.4) is 0 Å². The molecule has 2 aliphatic rings. The first kappa shape index (κ1) is 14.3. The first-order valence-corrected chi connectivity index (χ1v) is 9.28. The monoisotopic (exact) mass is 293 g/mol. The van der Waals surface area contributed by atoms with E-state index >= 15 is 0 Å². The van der Waals surface area contributed by atoms with Crippen LogP contribution < -0.4 is 5.32 Å². The van der Waals surface area contributed by atoms with Gasteiger partial charge >= 0.3 is 0 Å². The van der Waals surface area contributed by atoms with E-state index in [1.54, 1.807) is 0 Å². The lowest BCUT2D eigenvalue weighted by molar-refractivity contribution is 0.458. The fraction of sp³-hybridized carbons (Fsp3) is 0.812. The van der Waals surface area contributed by atoms with E-state index in [4.69, 9.17) is 4.98 Å². The van der Waals surface area contributed by atoms with Crippen molar-refractivity contribution >= 4 is 17.7 Å². The molecule has 1 aliphatic heterocycles. The minimum atomic E-state index is 0.642. The van der Waals surface area contributed by atoms with Crippen molar-refractivity contribution in [2.24, 2.45) is 0 Å². The molecule has 1 N–H and O–H groups in total. The Morgan fingerprint density at radius 2 is 2.00 bits per heavy atom. The SMILES string of the molecule is Cc1cn(CC2CCCCS2)c(NC2CCCCC2)n1. The standard InChI is InChI=1S/C16H27N3S/c1-13-11-19(12-15-9-5-6-10-20-15)16(17-13)18-14-7-3-2-4-8-14/h11,14-15H,2-10,12H2,1H3,(H,17,18). The predicted octanol–water partition coefficient (Wildman–Crippen LogP) is 4.22. The molecule has 1 atom stereocenters. The van der Waals surface area contributed by atoms with Gasteiger partial charge in [-0.1, -0.05) is 25.7 Å². The Kier molecular flexibility index (Phi) is 4.92. The van der Waals surface area contributed by atoms with Crippen LogP contribution in [0.2, 0.25) is 0 Å². The molecule has 1 aromatic rings. The van der Waals surface area contributed by atoms with Crippen LogP contribution in [0.4, 0.5) is 5.95 Å². The van der Waals surface area contributed by atoms with Crippen molar-refractivity contribution in [1.82, 2.24) is 9.55 Å². The molecule has 4 heteroatoms. The Bertz CT molecular complexity index is 380. The molecule has 1 saturated heterocycles. The van der Waals surface area contributed by atoms with E-state index in [2.05, 4.69) is 34.8 Å². The van der Waals surface area contributed by atoms with E-state index in [0.29, 0.717) is 6.04 Å². The lowest BCUT2D eigenvalue weighted by Gasteiger charge is -2.25. The maximum atomic E-state index is 4.71. The van der Waals surface area contributed by atoms with Gasteiger partial charge in [0.05, 0.1) is 5.69 Å². The first-order chi connectivity index (χ1) is 9.81. The summed E-state index contributed by atoms with van der Waals surface area (Å²) < 4.78 is 2.37. The Morgan fingerprint density at radius 3 is 2.75 bits per heavy atom. The molecule has 20 heavy (non-hydrogen) atoms. The summed E-state index contributed by atoms with van der Waals surface area (Å²) >= 11 is 2.15.